The van der Waals surface area contributed by atoms with Crippen molar-refractivity contribution in [1.29, 1.82) is 0 Å². The van der Waals surface area contributed by atoms with E-state index in [1.807, 2.05) is 12.1 Å². The second kappa shape index (κ2) is 7.31. The van der Waals surface area contributed by atoms with Crippen molar-refractivity contribution in [3.05, 3.63) is 18.3 Å². The lowest BCUT2D eigenvalue weighted by Gasteiger charge is -2.30. The molecule has 1 aromatic rings. The summed E-state index contributed by atoms with van der Waals surface area (Å²) in [6.45, 7) is 6.31. The molecule has 1 N–H and O–H groups in total. The monoisotopic (exact) mass is 265 g/mol. The van der Waals surface area contributed by atoms with Crippen molar-refractivity contribution in [2.45, 2.75) is 19.4 Å². The van der Waals surface area contributed by atoms with E-state index in [0.717, 1.165) is 44.2 Å². The molecule has 106 valence electrons. The third-order valence-corrected chi connectivity index (χ3v) is 3.07. The van der Waals surface area contributed by atoms with E-state index in [9.17, 15) is 0 Å². The number of rotatable bonds is 6. The molecule has 0 aromatic carbocycles. The fraction of sp³-hybridized carbons (Fsp3) is 0.643. The van der Waals surface area contributed by atoms with Gasteiger partial charge in [0.1, 0.15) is 0 Å². The van der Waals surface area contributed by atoms with E-state index in [-0.39, 0.29) is 6.10 Å². The van der Waals surface area contributed by atoms with Crippen LogP contribution in [0.2, 0.25) is 0 Å². The highest BCUT2D eigenvalue weighted by molar-refractivity contribution is 5.49. The van der Waals surface area contributed by atoms with Gasteiger partial charge in [-0.2, -0.15) is 0 Å². The maximum absolute atomic E-state index is 5.72. The number of hydrogen-bond donors (Lipinski definition) is 1. The van der Waals surface area contributed by atoms with Crippen LogP contribution in [0.25, 0.3) is 0 Å². The van der Waals surface area contributed by atoms with Gasteiger partial charge in [0.05, 0.1) is 19.3 Å². The Hall–Kier alpha value is -1.33. The van der Waals surface area contributed by atoms with E-state index in [0.29, 0.717) is 6.61 Å². The number of ether oxygens (including phenoxy) is 2. The van der Waals surface area contributed by atoms with Gasteiger partial charge in [-0.15, -0.1) is 0 Å². The molecule has 0 spiro atoms. The summed E-state index contributed by atoms with van der Waals surface area (Å²) in [7, 11) is 2.12. The van der Waals surface area contributed by atoms with Gasteiger partial charge in [0.2, 0.25) is 0 Å². The standard InChI is InChI=1S/C14H23N3O2/c1-3-8-19-13-5-4-6-15-14(13)16-10-12-11-17(2)7-9-18-12/h4-6,12H,3,7-11H2,1-2H3,(H,15,16). The zero-order chi connectivity index (χ0) is 13.5. The Morgan fingerprint density at radius 1 is 1.58 bits per heavy atom. The predicted octanol–water partition coefficient (Wildman–Crippen LogP) is 1.61. The lowest BCUT2D eigenvalue weighted by molar-refractivity contribution is -0.0117. The van der Waals surface area contributed by atoms with Gasteiger partial charge in [0.25, 0.3) is 0 Å². The number of likely N-dealkylation sites (N-methyl/N-ethyl adjacent to an activating group) is 1. The Morgan fingerprint density at radius 2 is 2.47 bits per heavy atom. The number of morpholine rings is 1. The van der Waals surface area contributed by atoms with Crippen LogP contribution in [0, 0.1) is 0 Å². The van der Waals surface area contributed by atoms with E-state index in [1.54, 1.807) is 6.20 Å². The number of hydrogen-bond acceptors (Lipinski definition) is 5. The van der Waals surface area contributed by atoms with Gasteiger partial charge in [-0.3, -0.25) is 0 Å². The van der Waals surface area contributed by atoms with Crippen LogP contribution in [0.15, 0.2) is 18.3 Å². The van der Waals surface area contributed by atoms with Gasteiger partial charge in [0.15, 0.2) is 11.6 Å². The molecule has 1 aliphatic rings. The smallest absolute Gasteiger partial charge is 0.168 e. The van der Waals surface area contributed by atoms with Crippen LogP contribution < -0.4 is 10.1 Å². The number of aromatic nitrogens is 1. The summed E-state index contributed by atoms with van der Waals surface area (Å²) in [4.78, 5) is 6.61. The molecule has 0 bridgehead atoms. The molecule has 0 aliphatic carbocycles. The fourth-order valence-corrected chi connectivity index (χ4v) is 2.05. The van der Waals surface area contributed by atoms with Crippen molar-refractivity contribution in [1.82, 2.24) is 9.88 Å². The molecule has 1 fully saturated rings. The maximum Gasteiger partial charge on any atom is 0.168 e. The summed E-state index contributed by atoms with van der Waals surface area (Å²) in [5, 5.41) is 3.32. The van der Waals surface area contributed by atoms with Crippen molar-refractivity contribution in [3.63, 3.8) is 0 Å². The minimum Gasteiger partial charge on any atom is -0.490 e. The van der Waals surface area contributed by atoms with Crippen LogP contribution in [-0.2, 0) is 4.74 Å². The van der Waals surface area contributed by atoms with E-state index in [2.05, 4.69) is 29.2 Å². The molecule has 1 saturated heterocycles. The van der Waals surface area contributed by atoms with Crippen LogP contribution >= 0.6 is 0 Å². The molecule has 19 heavy (non-hydrogen) atoms. The maximum atomic E-state index is 5.72. The van der Waals surface area contributed by atoms with E-state index in [4.69, 9.17) is 9.47 Å². The molecular formula is C14H23N3O2. The van der Waals surface area contributed by atoms with Crippen LogP contribution in [-0.4, -0.2) is 55.9 Å². The molecule has 2 rings (SSSR count). The predicted molar refractivity (Wildman–Crippen MR) is 75.7 cm³/mol. The number of nitrogens with zero attached hydrogens (tertiary/aromatic N) is 2. The van der Waals surface area contributed by atoms with Gasteiger partial charge in [-0.25, -0.2) is 4.98 Å². The van der Waals surface area contributed by atoms with Gasteiger partial charge < -0.3 is 19.7 Å². The largest absolute Gasteiger partial charge is 0.490 e. The van der Waals surface area contributed by atoms with E-state index < -0.39 is 0 Å². The van der Waals surface area contributed by atoms with Crippen LogP contribution in [0.3, 0.4) is 0 Å². The van der Waals surface area contributed by atoms with Gasteiger partial charge in [-0.1, -0.05) is 6.92 Å². The fourth-order valence-electron chi connectivity index (χ4n) is 2.05. The highest BCUT2D eigenvalue weighted by Gasteiger charge is 2.18. The van der Waals surface area contributed by atoms with Gasteiger partial charge in [-0.05, 0) is 25.6 Å². The van der Waals surface area contributed by atoms with Crippen molar-refractivity contribution in [3.8, 4) is 5.75 Å². The Bertz CT molecular complexity index is 387. The lowest BCUT2D eigenvalue weighted by atomic mass is 10.3. The molecule has 0 saturated carbocycles. The molecule has 0 radical (unpaired) electrons. The molecule has 1 aliphatic heterocycles. The topological polar surface area (TPSA) is 46.6 Å². The molecule has 1 atom stereocenters. The quantitative estimate of drug-likeness (QED) is 0.847. The normalized spacial score (nSPS) is 20.2. The minimum atomic E-state index is 0.208. The van der Waals surface area contributed by atoms with Crippen LogP contribution in [0.1, 0.15) is 13.3 Å². The third-order valence-electron chi connectivity index (χ3n) is 3.07. The van der Waals surface area contributed by atoms with Crippen molar-refractivity contribution < 1.29 is 9.47 Å². The van der Waals surface area contributed by atoms with Crippen molar-refractivity contribution in [2.24, 2.45) is 0 Å². The summed E-state index contributed by atoms with van der Waals surface area (Å²) >= 11 is 0. The average Bonchev–Trinajstić information content (AvgIpc) is 2.44. The Morgan fingerprint density at radius 3 is 3.26 bits per heavy atom. The number of pyridine rings is 1. The first-order valence-corrected chi connectivity index (χ1v) is 6.91. The highest BCUT2D eigenvalue weighted by Crippen LogP contribution is 2.21. The first-order valence-electron chi connectivity index (χ1n) is 6.91. The first kappa shape index (κ1) is 14.1. The number of anilines is 1. The Kier molecular flexibility index (Phi) is 5.42. The van der Waals surface area contributed by atoms with Gasteiger partial charge >= 0.3 is 0 Å². The SMILES string of the molecule is CCCOc1cccnc1NCC1CN(C)CCO1. The van der Waals surface area contributed by atoms with Gasteiger partial charge in [0, 0.05) is 25.8 Å². The summed E-state index contributed by atoms with van der Waals surface area (Å²) < 4.78 is 11.4. The molecule has 5 nitrogen and oxygen atoms in total. The third kappa shape index (κ3) is 4.36. The van der Waals surface area contributed by atoms with Crippen LogP contribution in [0.5, 0.6) is 5.75 Å². The Balaban J connectivity index is 1.87. The minimum absolute atomic E-state index is 0.208. The van der Waals surface area contributed by atoms with E-state index in [1.165, 1.54) is 0 Å². The zero-order valence-corrected chi connectivity index (χ0v) is 11.8. The Labute approximate surface area is 114 Å². The molecule has 2 heterocycles. The summed E-state index contributed by atoms with van der Waals surface area (Å²) in [5.41, 5.74) is 0. The number of nitrogens with one attached hydrogen (secondary N) is 1. The molecule has 5 heteroatoms. The zero-order valence-electron chi connectivity index (χ0n) is 11.8. The van der Waals surface area contributed by atoms with Crippen LogP contribution in [0.4, 0.5) is 5.82 Å². The molecule has 0 amide bonds. The molecule has 1 aromatic heterocycles. The van der Waals surface area contributed by atoms with Crippen molar-refractivity contribution in [2.75, 3.05) is 45.2 Å². The molecule has 1 unspecified atom stereocenters. The van der Waals surface area contributed by atoms with E-state index >= 15 is 0 Å². The summed E-state index contributed by atoms with van der Waals surface area (Å²) in [6, 6.07) is 3.83. The summed E-state index contributed by atoms with van der Waals surface area (Å²) in [5.74, 6) is 1.61. The summed E-state index contributed by atoms with van der Waals surface area (Å²) in [6.07, 6.45) is 2.97. The first-order chi connectivity index (χ1) is 9.29. The lowest BCUT2D eigenvalue weighted by Crippen LogP contribution is -2.43. The second-order valence-corrected chi connectivity index (χ2v) is 4.83. The average molecular weight is 265 g/mol. The highest BCUT2D eigenvalue weighted by atomic mass is 16.5. The second-order valence-electron chi connectivity index (χ2n) is 4.83. The van der Waals surface area contributed by atoms with Crippen molar-refractivity contribution >= 4 is 5.82 Å². The molecular weight excluding hydrogens is 242 g/mol.